The summed E-state index contributed by atoms with van der Waals surface area (Å²) in [6.45, 7) is 16.3. The van der Waals surface area contributed by atoms with Crippen molar-refractivity contribution < 1.29 is 0 Å². The fourth-order valence-electron chi connectivity index (χ4n) is 1.94. The van der Waals surface area contributed by atoms with E-state index in [2.05, 4.69) is 40.0 Å². The summed E-state index contributed by atoms with van der Waals surface area (Å²) in [6, 6.07) is 2.21. The number of benzene rings is 1. The second-order valence-corrected chi connectivity index (χ2v) is 3.91. The van der Waals surface area contributed by atoms with Crippen LogP contribution in [0.4, 0.5) is 0 Å². The summed E-state index contributed by atoms with van der Waals surface area (Å²) < 4.78 is 0. The zero-order chi connectivity index (χ0) is 10.9. The minimum atomic E-state index is 1.11. The van der Waals surface area contributed by atoms with Crippen molar-refractivity contribution in [1.82, 2.24) is 0 Å². The Kier molecular flexibility index (Phi) is 2.95. The molecule has 0 aromatic heterocycles. The van der Waals surface area contributed by atoms with Crippen LogP contribution in [-0.4, -0.2) is 0 Å². The van der Waals surface area contributed by atoms with Crippen molar-refractivity contribution in [3.8, 4) is 0 Å². The average molecular weight is 186 g/mol. The van der Waals surface area contributed by atoms with Crippen LogP contribution >= 0.6 is 0 Å². The van der Waals surface area contributed by atoms with Gasteiger partial charge in [0.25, 0.3) is 0 Å². The van der Waals surface area contributed by atoms with Crippen LogP contribution in [0.15, 0.2) is 19.2 Å². The Morgan fingerprint density at radius 1 is 1.21 bits per heavy atom. The molecular formula is C14H18. The smallest absolute Gasteiger partial charge is 0.0129 e. The second-order valence-electron chi connectivity index (χ2n) is 3.91. The predicted octanol–water partition coefficient (Wildman–Crippen LogP) is 4.29. The van der Waals surface area contributed by atoms with Gasteiger partial charge in [0.15, 0.2) is 0 Å². The minimum Gasteiger partial charge on any atom is -0.0984 e. The molecular weight excluding hydrogens is 168 g/mol. The van der Waals surface area contributed by atoms with Crippen LogP contribution in [0, 0.1) is 20.8 Å². The van der Waals surface area contributed by atoms with E-state index in [0.717, 1.165) is 5.57 Å². The Morgan fingerprint density at radius 2 is 1.79 bits per heavy atom. The molecule has 0 saturated heterocycles. The van der Waals surface area contributed by atoms with Gasteiger partial charge < -0.3 is 0 Å². The highest BCUT2D eigenvalue weighted by Gasteiger charge is 2.09. The molecule has 0 bridgehead atoms. The summed E-state index contributed by atoms with van der Waals surface area (Å²) >= 11 is 0. The van der Waals surface area contributed by atoms with Gasteiger partial charge in [-0.2, -0.15) is 0 Å². The van der Waals surface area contributed by atoms with E-state index in [1.165, 1.54) is 27.8 Å². The number of rotatable bonds is 2. The first-order valence-corrected chi connectivity index (χ1v) is 4.88. The number of hydrogen-bond acceptors (Lipinski definition) is 0. The van der Waals surface area contributed by atoms with Gasteiger partial charge in [0.2, 0.25) is 0 Å². The molecule has 74 valence electrons. The molecule has 0 heteroatoms. The van der Waals surface area contributed by atoms with Gasteiger partial charge in [0.05, 0.1) is 0 Å². The molecule has 14 heavy (non-hydrogen) atoms. The molecule has 0 fully saturated rings. The summed E-state index contributed by atoms with van der Waals surface area (Å²) in [6.07, 6.45) is 1.93. The lowest BCUT2D eigenvalue weighted by atomic mass is 9.90. The molecule has 0 heterocycles. The molecule has 0 unspecified atom stereocenters. The number of hydrogen-bond donors (Lipinski definition) is 0. The highest BCUT2D eigenvalue weighted by atomic mass is 14.1. The molecule has 1 aromatic rings. The normalized spacial score (nSPS) is 10.0. The highest BCUT2D eigenvalue weighted by Crippen LogP contribution is 2.27. The first-order chi connectivity index (χ1) is 6.49. The SMILES string of the molecule is C=Cc1c(C)c(C)cc(C)c1C(=C)C. The zero-order valence-corrected chi connectivity index (χ0v) is 9.57. The molecule has 0 aliphatic heterocycles. The van der Waals surface area contributed by atoms with Gasteiger partial charge in [0, 0.05) is 0 Å². The number of aryl methyl sites for hydroxylation is 2. The zero-order valence-electron chi connectivity index (χ0n) is 9.57. The lowest BCUT2D eigenvalue weighted by Gasteiger charge is -2.15. The van der Waals surface area contributed by atoms with E-state index in [1.807, 2.05) is 13.0 Å². The largest absolute Gasteiger partial charge is 0.0984 e. The summed E-state index contributed by atoms with van der Waals surface area (Å²) in [5, 5.41) is 0. The van der Waals surface area contributed by atoms with E-state index >= 15 is 0 Å². The van der Waals surface area contributed by atoms with Crippen molar-refractivity contribution in [2.45, 2.75) is 27.7 Å². The van der Waals surface area contributed by atoms with Crippen LogP contribution in [-0.2, 0) is 0 Å². The van der Waals surface area contributed by atoms with Gasteiger partial charge in [-0.25, -0.2) is 0 Å². The Hall–Kier alpha value is -1.30. The molecule has 0 N–H and O–H groups in total. The van der Waals surface area contributed by atoms with Gasteiger partial charge in [-0.15, -0.1) is 0 Å². The standard InChI is InChI=1S/C14H18/c1-7-13-12(6)10(4)8-11(5)14(13)9(2)3/h7-8H,1-2H2,3-6H3. The molecule has 0 atom stereocenters. The Bertz CT molecular complexity index is 395. The Balaban J connectivity index is 3.63. The van der Waals surface area contributed by atoms with Gasteiger partial charge in [-0.3, -0.25) is 0 Å². The molecule has 0 saturated carbocycles. The summed E-state index contributed by atoms with van der Waals surface area (Å²) in [5.41, 5.74) is 7.51. The molecule has 0 radical (unpaired) electrons. The maximum Gasteiger partial charge on any atom is -0.0129 e. The molecule has 0 aliphatic carbocycles. The van der Waals surface area contributed by atoms with E-state index in [1.54, 1.807) is 0 Å². The summed E-state index contributed by atoms with van der Waals surface area (Å²) in [4.78, 5) is 0. The minimum absolute atomic E-state index is 1.11. The van der Waals surface area contributed by atoms with Crippen LogP contribution in [0.2, 0.25) is 0 Å². The second kappa shape index (κ2) is 3.83. The van der Waals surface area contributed by atoms with E-state index < -0.39 is 0 Å². The van der Waals surface area contributed by atoms with Gasteiger partial charge in [-0.05, 0) is 55.5 Å². The summed E-state index contributed by atoms with van der Waals surface area (Å²) in [7, 11) is 0. The fourth-order valence-corrected chi connectivity index (χ4v) is 1.94. The molecule has 0 nitrogen and oxygen atoms in total. The van der Waals surface area contributed by atoms with Crippen molar-refractivity contribution in [3.63, 3.8) is 0 Å². The Morgan fingerprint density at radius 3 is 2.21 bits per heavy atom. The van der Waals surface area contributed by atoms with Gasteiger partial charge >= 0.3 is 0 Å². The van der Waals surface area contributed by atoms with Crippen molar-refractivity contribution in [2.75, 3.05) is 0 Å². The van der Waals surface area contributed by atoms with Gasteiger partial charge in [-0.1, -0.05) is 30.9 Å². The van der Waals surface area contributed by atoms with Crippen molar-refractivity contribution in [2.24, 2.45) is 0 Å². The first kappa shape index (κ1) is 10.8. The Labute approximate surface area is 87.0 Å². The highest BCUT2D eigenvalue weighted by molar-refractivity contribution is 5.76. The third-order valence-electron chi connectivity index (χ3n) is 2.72. The van der Waals surface area contributed by atoms with Crippen LogP contribution in [0.3, 0.4) is 0 Å². The first-order valence-electron chi connectivity index (χ1n) is 4.88. The van der Waals surface area contributed by atoms with Crippen LogP contribution in [0.1, 0.15) is 34.7 Å². The summed E-state index contributed by atoms with van der Waals surface area (Å²) in [5.74, 6) is 0. The number of allylic oxidation sites excluding steroid dienone is 1. The molecule has 1 rings (SSSR count). The van der Waals surface area contributed by atoms with Crippen LogP contribution < -0.4 is 0 Å². The van der Waals surface area contributed by atoms with Crippen molar-refractivity contribution in [3.05, 3.63) is 47.0 Å². The average Bonchev–Trinajstić information content (AvgIpc) is 2.09. The maximum atomic E-state index is 4.02. The molecule has 1 aromatic carbocycles. The van der Waals surface area contributed by atoms with Gasteiger partial charge in [0.1, 0.15) is 0 Å². The quantitative estimate of drug-likeness (QED) is 0.646. The monoisotopic (exact) mass is 186 g/mol. The van der Waals surface area contributed by atoms with E-state index in [9.17, 15) is 0 Å². The van der Waals surface area contributed by atoms with Crippen molar-refractivity contribution >= 4 is 11.6 Å². The lowest BCUT2D eigenvalue weighted by molar-refractivity contribution is 1.26. The third-order valence-corrected chi connectivity index (χ3v) is 2.72. The van der Waals surface area contributed by atoms with E-state index in [4.69, 9.17) is 0 Å². The van der Waals surface area contributed by atoms with E-state index in [0.29, 0.717) is 0 Å². The van der Waals surface area contributed by atoms with Crippen LogP contribution in [0.25, 0.3) is 11.6 Å². The molecule has 0 spiro atoms. The topological polar surface area (TPSA) is 0 Å². The van der Waals surface area contributed by atoms with Crippen LogP contribution in [0.5, 0.6) is 0 Å². The predicted molar refractivity (Wildman–Crippen MR) is 65.5 cm³/mol. The van der Waals surface area contributed by atoms with Crippen molar-refractivity contribution in [1.29, 1.82) is 0 Å². The third kappa shape index (κ3) is 1.65. The lowest BCUT2D eigenvalue weighted by Crippen LogP contribution is -1.96. The molecule has 0 amide bonds. The molecule has 0 aliphatic rings. The maximum absolute atomic E-state index is 4.02. The fraction of sp³-hybridized carbons (Fsp3) is 0.286. The van der Waals surface area contributed by atoms with E-state index in [-0.39, 0.29) is 0 Å².